The van der Waals surface area contributed by atoms with Crippen molar-refractivity contribution in [1.29, 1.82) is 0 Å². The molecule has 0 bridgehead atoms. The van der Waals surface area contributed by atoms with Gasteiger partial charge < -0.3 is 15.6 Å². The lowest BCUT2D eigenvalue weighted by Gasteiger charge is -2.22. The maximum absolute atomic E-state index is 12.8. The van der Waals surface area contributed by atoms with Crippen molar-refractivity contribution in [3.8, 4) is 33.0 Å². The third-order valence-corrected chi connectivity index (χ3v) is 9.86. The van der Waals surface area contributed by atoms with Crippen LogP contribution in [-0.2, 0) is 4.79 Å². The number of pyridine rings is 1. The van der Waals surface area contributed by atoms with E-state index in [4.69, 9.17) is 0 Å². The molecule has 43 heavy (non-hydrogen) atoms. The Balaban J connectivity index is 1.20. The number of ketones is 1. The predicted molar refractivity (Wildman–Crippen MR) is 181 cm³/mol. The smallest absolute Gasteiger partial charge is 0.224 e. The molecule has 6 aromatic rings. The Hall–Kier alpha value is -3.87. The Kier molecular flexibility index (Phi) is 7.58. The second kappa shape index (κ2) is 11.7. The number of thiophene rings is 1. The van der Waals surface area contributed by atoms with Crippen LogP contribution in [0.1, 0.15) is 35.9 Å². The topological polar surface area (TPSA) is 116 Å². The van der Waals surface area contributed by atoms with E-state index in [1.807, 2.05) is 36.4 Å². The Morgan fingerprint density at radius 1 is 1.00 bits per heavy atom. The number of aromatic amines is 2. The molecule has 0 radical (unpaired) electrons. The van der Waals surface area contributed by atoms with Gasteiger partial charge in [0.25, 0.3) is 0 Å². The number of anilines is 1. The summed E-state index contributed by atoms with van der Waals surface area (Å²) in [4.78, 5) is 34.5. The molecule has 0 unspecified atom stereocenters. The minimum absolute atomic E-state index is 0.0647. The summed E-state index contributed by atoms with van der Waals surface area (Å²) >= 11 is 3.80. The second-order valence-electron chi connectivity index (χ2n) is 11.0. The quantitative estimate of drug-likeness (QED) is 0.101. The van der Waals surface area contributed by atoms with Gasteiger partial charge in [0.05, 0.1) is 16.1 Å². The zero-order valence-corrected chi connectivity index (χ0v) is 26.4. The molecule has 0 saturated carbocycles. The number of nitrogens with zero attached hydrogens (tertiary/aromatic N) is 2. The van der Waals surface area contributed by atoms with E-state index >= 15 is 0 Å². The van der Waals surface area contributed by atoms with E-state index in [1.165, 1.54) is 11.3 Å². The van der Waals surface area contributed by atoms with Gasteiger partial charge in [0.15, 0.2) is 5.78 Å². The van der Waals surface area contributed by atoms with Crippen molar-refractivity contribution in [2.75, 3.05) is 18.4 Å². The molecule has 4 aromatic heterocycles. The average molecular weight is 701 g/mol. The highest BCUT2D eigenvalue weighted by Gasteiger charge is 2.19. The fraction of sp³-hybridized carbons (Fsp3) is 0.212. The first-order chi connectivity index (χ1) is 20.9. The Bertz CT molecular complexity index is 2000. The van der Waals surface area contributed by atoms with Gasteiger partial charge in [0, 0.05) is 43.1 Å². The van der Waals surface area contributed by atoms with Gasteiger partial charge in [-0.1, -0.05) is 6.07 Å². The summed E-state index contributed by atoms with van der Waals surface area (Å²) < 4.78 is 1.05. The standard InChI is InChI=1S/C33H29IN6O2S/c1-18(41)29-4-5-30(43-29)24-8-11-36-33-25(24)17-28(38-33)32-26-15-20(2-3-27(26)39-40-32)21-13-22(34)16-23(14-21)37-31(42)12-19-6-9-35-10-7-19/h2-5,8,11,13-17,19,35H,6-7,9-10,12H2,1H3,(H,36,38)(H,37,42)(H,39,40). The summed E-state index contributed by atoms with van der Waals surface area (Å²) in [5.41, 5.74) is 7.25. The lowest BCUT2D eigenvalue weighted by atomic mass is 9.94. The van der Waals surface area contributed by atoms with E-state index in [1.54, 1.807) is 13.1 Å². The van der Waals surface area contributed by atoms with E-state index in [9.17, 15) is 9.59 Å². The number of nitrogens with one attached hydrogen (secondary N) is 4. The highest BCUT2D eigenvalue weighted by atomic mass is 127. The molecular formula is C33H29IN6O2S. The van der Waals surface area contributed by atoms with Crippen molar-refractivity contribution < 1.29 is 9.59 Å². The van der Waals surface area contributed by atoms with Crippen LogP contribution in [0.5, 0.6) is 0 Å². The van der Waals surface area contributed by atoms with Crippen molar-refractivity contribution in [2.45, 2.75) is 26.2 Å². The van der Waals surface area contributed by atoms with Gasteiger partial charge in [0.2, 0.25) is 5.91 Å². The van der Waals surface area contributed by atoms with Gasteiger partial charge in [-0.3, -0.25) is 14.7 Å². The maximum atomic E-state index is 12.8. The van der Waals surface area contributed by atoms with Gasteiger partial charge in [0.1, 0.15) is 11.3 Å². The van der Waals surface area contributed by atoms with Gasteiger partial charge in [-0.25, -0.2) is 4.98 Å². The molecule has 1 fully saturated rings. The number of rotatable bonds is 7. The van der Waals surface area contributed by atoms with Crippen LogP contribution < -0.4 is 10.6 Å². The van der Waals surface area contributed by atoms with Crippen LogP contribution in [0, 0.1) is 9.49 Å². The SMILES string of the molecule is CC(=O)c1ccc(-c2ccnc3[nH]c(-c4n[nH]c5ccc(-c6cc(I)cc(NC(=O)CC7CCNCC7)c6)cc45)cc23)s1. The fourth-order valence-electron chi connectivity index (χ4n) is 5.83. The number of fused-ring (bicyclic) bond motifs is 2. The second-order valence-corrected chi connectivity index (χ2v) is 13.4. The number of Topliss-reactive ketones (excluding diaryl/α,β-unsaturated/α-hetero) is 1. The monoisotopic (exact) mass is 700 g/mol. The third-order valence-electron chi connectivity index (χ3n) is 8.02. The van der Waals surface area contributed by atoms with Crippen LogP contribution in [0.25, 0.3) is 54.9 Å². The average Bonchev–Trinajstić information content (AvgIpc) is 3.75. The number of amides is 1. The van der Waals surface area contributed by atoms with Crippen LogP contribution in [0.15, 0.2) is 66.9 Å². The van der Waals surface area contributed by atoms with Crippen molar-refractivity contribution >= 4 is 73.2 Å². The van der Waals surface area contributed by atoms with E-state index in [-0.39, 0.29) is 11.7 Å². The molecule has 0 aliphatic carbocycles. The maximum Gasteiger partial charge on any atom is 0.224 e. The van der Waals surface area contributed by atoms with Crippen molar-refractivity contribution in [1.82, 2.24) is 25.5 Å². The van der Waals surface area contributed by atoms with Crippen LogP contribution in [0.3, 0.4) is 0 Å². The Morgan fingerprint density at radius 3 is 2.67 bits per heavy atom. The van der Waals surface area contributed by atoms with E-state index in [0.29, 0.717) is 12.3 Å². The molecule has 1 amide bonds. The molecule has 10 heteroatoms. The van der Waals surface area contributed by atoms with Crippen LogP contribution in [0.2, 0.25) is 0 Å². The van der Waals surface area contributed by atoms with Crippen LogP contribution >= 0.6 is 33.9 Å². The van der Waals surface area contributed by atoms with E-state index < -0.39 is 0 Å². The molecule has 2 aromatic carbocycles. The summed E-state index contributed by atoms with van der Waals surface area (Å²) in [6.45, 7) is 3.56. The number of hydrogen-bond donors (Lipinski definition) is 4. The minimum Gasteiger partial charge on any atom is -0.338 e. The predicted octanol–water partition coefficient (Wildman–Crippen LogP) is 7.64. The Morgan fingerprint density at radius 2 is 1.86 bits per heavy atom. The number of benzene rings is 2. The summed E-state index contributed by atoms with van der Waals surface area (Å²) in [5.74, 6) is 0.568. The molecule has 7 rings (SSSR count). The van der Waals surface area contributed by atoms with Crippen molar-refractivity contribution in [3.05, 3.63) is 75.3 Å². The molecule has 216 valence electrons. The van der Waals surface area contributed by atoms with Gasteiger partial charge in [-0.2, -0.15) is 5.10 Å². The molecule has 4 N–H and O–H groups in total. The molecule has 1 saturated heterocycles. The summed E-state index contributed by atoms with van der Waals surface area (Å²) in [5, 5.41) is 16.3. The first-order valence-electron chi connectivity index (χ1n) is 14.3. The minimum atomic E-state index is 0.0647. The highest BCUT2D eigenvalue weighted by molar-refractivity contribution is 14.1. The zero-order chi connectivity index (χ0) is 29.5. The molecule has 1 aliphatic heterocycles. The highest BCUT2D eigenvalue weighted by Crippen LogP contribution is 2.37. The largest absolute Gasteiger partial charge is 0.338 e. The summed E-state index contributed by atoms with van der Waals surface area (Å²) in [6.07, 6.45) is 4.42. The van der Waals surface area contributed by atoms with E-state index in [2.05, 4.69) is 77.7 Å². The molecular weight excluding hydrogens is 671 g/mol. The van der Waals surface area contributed by atoms with E-state index in [0.717, 1.165) is 95.0 Å². The number of hydrogen-bond acceptors (Lipinski definition) is 6. The number of piperidine rings is 1. The number of H-pyrrole nitrogens is 2. The van der Waals surface area contributed by atoms with Gasteiger partial charge in [-0.05, 0) is 127 Å². The fourth-order valence-corrected chi connectivity index (χ4v) is 7.44. The molecule has 8 nitrogen and oxygen atoms in total. The summed E-state index contributed by atoms with van der Waals surface area (Å²) in [7, 11) is 0. The number of halogens is 1. The third kappa shape index (κ3) is 5.74. The molecule has 1 aliphatic rings. The van der Waals surface area contributed by atoms with Crippen molar-refractivity contribution in [2.24, 2.45) is 5.92 Å². The lowest BCUT2D eigenvalue weighted by molar-refractivity contribution is -0.117. The van der Waals surface area contributed by atoms with Crippen molar-refractivity contribution in [3.63, 3.8) is 0 Å². The van der Waals surface area contributed by atoms with Gasteiger partial charge >= 0.3 is 0 Å². The van der Waals surface area contributed by atoms with Crippen LogP contribution in [0.4, 0.5) is 5.69 Å². The first kappa shape index (κ1) is 27.9. The molecule has 0 atom stereocenters. The van der Waals surface area contributed by atoms with Crippen LogP contribution in [-0.4, -0.2) is 44.9 Å². The molecule has 5 heterocycles. The number of carbonyl (C=O) groups is 2. The Labute approximate surface area is 265 Å². The molecule has 0 spiro atoms. The normalized spacial score (nSPS) is 14.0. The zero-order valence-electron chi connectivity index (χ0n) is 23.5. The number of aromatic nitrogens is 4. The number of carbonyl (C=O) groups excluding carboxylic acids is 2. The lowest BCUT2D eigenvalue weighted by Crippen LogP contribution is -2.30. The van der Waals surface area contributed by atoms with Gasteiger partial charge in [-0.15, -0.1) is 11.3 Å². The first-order valence-corrected chi connectivity index (χ1v) is 16.2. The summed E-state index contributed by atoms with van der Waals surface area (Å²) in [6, 6.07) is 20.4.